The van der Waals surface area contributed by atoms with Crippen LogP contribution < -0.4 is 5.73 Å². The molecule has 0 spiro atoms. The maximum Gasteiger partial charge on any atom is 0.338 e. The van der Waals surface area contributed by atoms with Crippen LogP contribution in [0.2, 0.25) is 0 Å². The van der Waals surface area contributed by atoms with E-state index in [1.807, 2.05) is 12.3 Å². The number of ether oxygens (including phenoxy) is 1. The third-order valence-corrected chi connectivity index (χ3v) is 4.02. The van der Waals surface area contributed by atoms with E-state index in [4.69, 9.17) is 10.5 Å². The van der Waals surface area contributed by atoms with Crippen molar-refractivity contribution in [2.24, 2.45) is 0 Å². The number of carbonyl (C=O) groups is 1. The zero-order valence-electron chi connectivity index (χ0n) is 10.6. The molecule has 4 nitrogen and oxygen atoms in total. The number of carbonyl (C=O) groups excluding carboxylic acids is 1. The summed E-state index contributed by atoms with van der Waals surface area (Å²) in [5.41, 5.74) is 8.51. The smallest absolute Gasteiger partial charge is 0.338 e. The summed E-state index contributed by atoms with van der Waals surface area (Å²) < 4.78 is 6.01. The fourth-order valence-corrected chi connectivity index (χ4v) is 2.74. The molecule has 0 aliphatic heterocycles. The van der Waals surface area contributed by atoms with Gasteiger partial charge in [0, 0.05) is 21.2 Å². The number of nitrogens with zero attached hydrogens (tertiary/aromatic N) is 1. The molecule has 19 heavy (non-hydrogen) atoms. The van der Waals surface area contributed by atoms with Gasteiger partial charge in [-0.2, -0.15) is 0 Å². The number of anilines is 1. The Labute approximate surface area is 123 Å². The van der Waals surface area contributed by atoms with Crippen LogP contribution in [0.1, 0.15) is 26.6 Å². The van der Waals surface area contributed by atoms with Crippen molar-refractivity contribution in [3.8, 4) is 0 Å². The zero-order valence-corrected chi connectivity index (χ0v) is 13.0. The Morgan fingerprint density at radius 3 is 2.84 bits per heavy atom. The molecule has 0 unspecified atom stereocenters. The van der Waals surface area contributed by atoms with Crippen molar-refractivity contribution in [1.82, 2.24) is 4.98 Å². The summed E-state index contributed by atoms with van der Waals surface area (Å²) in [7, 11) is 0. The van der Waals surface area contributed by atoms with Gasteiger partial charge in [0.15, 0.2) is 0 Å². The first kappa shape index (κ1) is 14.0. The van der Waals surface area contributed by atoms with Gasteiger partial charge in [-0.15, -0.1) is 11.3 Å². The van der Waals surface area contributed by atoms with Gasteiger partial charge in [0.2, 0.25) is 0 Å². The maximum absolute atomic E-state index is 12.0. The first-order valence-electron chi connectivity index (χ1n) is 5.61. The second kappa shape index (κ2) is 5.71. The second-order valence-corrected chi connectivity index (χ2v) is 5.98. The van der Waals surface area contributed by atoms with Gasteiger partial charge in [-0.25, -0.2) is 9.78 Å². The van der Waals surface area contributed by atoms with E-state index in [-0.39, 0.29) is 6.61 Å². The number of nitrogen functional groups attached to an aromatic ring is 1. The van der Waals surface area contributed by atoms with Gasteiger partial charge in [0.1, 0.15) is 11.6 Å². The molecule has 0 aliphatic rings. The summed E-state index contributed by atoms with van der Waals surface area (Å²) in [5, 5.41) is 2.71. The van der Waals surface area contributed by atoms with Crippen molar-refractivity contribution in [2.75, 3.05) is 5.73 Å². The molecular weight excluding hydrogens is 328 g/mol. The van der Waals surface area contributed by atoms with Crippen LogP contribution in [0.3, 0.4) is 0 Å². The van der Waals surface area contributed by atoms with E-state index in [2.05, 4.69) is 20.9 Å². The molecule has 0 atom stereocenters. The van der Waals surface area contributed by atoms with Crippen molar-refractivity contribution in [1.29, 1.82) is 0 Å². The highest BCUT2D eigenvalue weighted by Crippen LogP contribution is 2.23. The van der Waals surface area contributed by atoms with Crippen molar-refractivity contribution in [3.05, 3.63) is 43.8 Å². The number of nitrogens with two attached hydrogens (primary N) is 1. The first-order valence-corrected chi connectivity index (χ1v) is 7.28. The highest BCUT2D eigenvalue weighted by atomic mass is 79.9. The number of benzene rings is 1. The van der Waals surface area contributed by atoms with Crippen LogP contribution in [-0.4, -0.2) is 11.0 Å². The summed E-state index contributed by atoms with van der Waals surface area (Å²) in [4.78, 5) is 16.3. The Kier molecular flexibility index (Phi) is 4.21. The number of esters is 1. The van der Waals surface area contributed by atoms with Crippen molar-refractivity contribution in [3.63, 3.8) is 0 Å². The lowest BCUT2D eigenvalue weighted by Crippen LogP contribution is -2.08. The number of rotatable bonds is 3. The summed E-state index contributed by atoms with van der Waals surface area (Å²) in [5.74, 6) is -0.390. The molecule has 2 rings (SSSR count). The van der Waals surface area contributed by atoms with Crippen LogP contribution in [0, 0.1) is 13.8 Å². The van der Waals surface area contributed by atoms with Gasteiger partial charge < -0.3 is 10.5 Å². The fourth-order valence-electron chi connectivity index (χ4n) is 1.59. The van der Waals surface area contributed by atoms with Crippen LogP contribution in [-0.2, 0) is 11.3 Å². The predicted octanol–water partition coefficient (Wildman–Crippen LogP) is 3.46. The molecule has 0 saturated heterocycles. The molecule has 6 heteroatoms. The average Bonchev–Trinajstić information content (AvgIpc) is 2.76. The van der Waals surface area contributed by atoms with Gasteiger partial charge >= 0.3 is 5.97 Å². The monoisotopic (exact) mass is 340 g/mol. The molecule has 0 radical (unpaired) electrons. The standard InChI is InChI=1S/C13H13BrN2O2S/c1-7-6-19-12(16-7)5-18-13(17)10-3-9(14)4-11(15)8(10)2/h3-4,6H,5,15H2,1-2H3. The number of thiazole rings is 1. The summed E-state index contributed by atoms with van der Waals surface area (Å²) in [6.07, 6.45) is 0. The van der Waals surface area contributed by atoms with Gasteiger partial charge in [0.05, 0.1) is 5.56 Å². The minimum Gasteiger partial charge on any atom is -0.455 e. The first-order chi connectivity index (χ1) is 8.97. The summed E-state index contributed by atoms with van der Waals surface area (Å²) in [6.45, 7) is 3.89. The maximum atomic E-state index is 12.0. The van der Waals surface area contributed by atoms with E-state index in [0.717, 1.165) is 20.7 Å². The van der Waals surface area contributed by atoms with Crippen LogP contribution >= 0.6 is 27.3 Å². The largest absolute Gasteiger partial charge is 0.455 e. The van der Waals surface area contributed by atoms with E-state index in [1.165, 1.54) is 11.3 Å². The molecule has 100 valence electrons. The molecule has 0 bridgehead atoms. The number of aryl methyl sites for hydroxylation is 1. The zero-order chi connectivity index (χ0) is 14.0. The molecule has 0 saturated carbocycles. The Morgan fingerprint density at radius 1 is 1.47 bits per heavy atom. The lowest BCUT2D eigenvalue weighted by Gasteiger charge is -2.09. The molecular formula is C13H13BrN2O2S. The lowest BCUT2D eigenvalue weighted by molar-refractivity contribution is 0.0471. The summed E-state index contributed by atoms with van der Waals surface area (Å²) >= 11 is 4.79. The third kappa shape index (κ3) is 3.33. The van der Waals surface area contributed by atoms with Crippen molar-refractivity contribution < 1.29 is 9.53 Å². The topological polar surface area (TPSA) is 65.2 Å². The molecule has 1 heterocycles. The number of halogens is 1. The Bertz CT molecular complexity index is 625. The Balaban J connectivity index is 2.12. The van der Waals surface area contributed by atoms with Crippen LogP contribution in [0.25, 0.3) is 0 Å². The fraction of sp³-hybridized carbons (Fsp3) is 0.231. The lowest BCUT2D eigenvalue weighted by atomic mass is 10.1. The average molecular weight is 341 g/mol. The number of hydrogen-bond acceptors (Lipinski definition) is 5. The van der Waals surface area contributed by atoms with Gasteiger partial charge in [-0.1, -0.05) is 15.9 Å². The van der Waals surface area contributed by atoms with Crippen LogP contribution in [0.4, 0.5) is 5.69 Å². The Morgan fingerprint density at radius 2 is 2.21 bits per heavy atom. The molecule has 0 aliphatic carbocycles. The second-order valence-electron chi connectivity index (χ2n) is 4.13. The molecule has 1 aromatic carbocycles. The van der Waals surface area contributed by atoms with Gasteiger partial charge in [-0.3, -0.25) is 0 Å². The third-order valence-electron chi connectivity index (χ3n) is 2.63. The van der Waals surface area contributed by atoms with Crippen molar-refractivity contribution >= 4 is 38.9 Å². The molecule has 0 fully saturated rings. The number of aromatic nitrogens is 1. The van der Waals surface area contributed by atoms with Crippen LogP contribution in [0.15, 0.2) is 22.0 Å². The summed E-state index contributed by atoms with van der Waals surface area (Å²) in [6, 6.07) is 3.47. The van der Waals surface area contributed by atoms with Crippen molar-refractivity contribution in [2.45, 2.75) is 20.5 Å². The van der Waals surface area contributed by atoms with E-state index in [0.29, 0.717) is 11.3 Å². The highest BCUT2D eigenvalue weighted by Gasteiger charge is 2.14. The quantitative estimate of drug-likeness (QED) is 0.686. The van der Waals surface area contributed by atoms with Crippen LogP contribution in [0.5, 0.6) is 0 Å². The van der Waals surface area contributed by atoms with E-state index in [9.17, 15) is 4.79 Å². The number of hydrogen-bond donors (Lipinski definition) is 1. The molecule has 2 aromatic rings. The SMILES string of the molecule is Cc1csc(COC(=O)c2cc(Br)cc(N)c2C)n1. The Hall–Kier alpha value is -1.40. The highest BCUT2D eigenvalue weighted by molar-refractivity contribution is 9.10. The molecule has 1 aromatic heterocycles. The minimum absolute atomic E-state index is 0.184. The molecule has 2 N–H and O–H groups in total. The van der Waals surface area contributed by atoms with Gasteiger partial charge in [0.25, 0.3) is 0 Å². The van der Waals surface area contributed by atoms with E-state index in [1.54, 1.807) is 19.1 Å². The van der Waals surface area contributed by atoms with E-state index < -0.39 is 5.97 Å². The van der Waals surface area contributed by atoms with Gasteiger partial charge in [-0.05, 0) is 31.5 Å². The normalized spacial score (nSPS) is 10.5. The minimum atomic E-state index is -0.390. The predicted molar refractivity (Wildman–Crippen MR) is 79.3 cm³/mol. The molecule has 0 amide bonds. The van der Waals surface area contributed by atoms with E-state index >= 15 is 0 Å².